The summed E-state index contributed by atoms with van der Waals surface area (Å²) in [4.78, 5) is 0. The van der Waals surface area contributed by atoms with E-state index >= 15 is 0 Å². The molecule has 0 N–H and O–H groups in total. The zero-order valence-electron chi connectivity index (χ0n) is 10.7. The van der Waals surface area contributed by atoms with Crippen LogP contribution in [0, 0.1) is 11.3 Å². The molecule has 0 saturated carbocycles. The van der Waals surface area contributed by atoms with E-state index in [1.165, 1.54) is 24.3 Å². The largest absolute Gasteiger partial charge is 0.573 e. The van der Waals surface area contributed by atoms with Gasteiger partial charge in [0.15, 0.2) is 0 Å². The minimum Gasteiger partial charge on any atom is -0.489 e. The molecule has 0 aliphatic rings. The molecule has 6 heteroatoms. The Kier molecular flexibility index (Phi) is 4.33. The van der Waals surface area contributed by atoms with Crippen molar-refractivity contribution in [3.63, 3.8) is 0 Å². The highest BCUT2D eigenvalue weighted by Crippen LogP contribution is 2.25. The second-order valence-electron chi connectivity index (χ2n) is 4.12. The lowest BCUT2D eigenvalue weighted by molar-refractivity contribution is -0.274. The van der Waals surface area contributed by atoms with Crippen LogP contribution in [0.4, 0.5) is 13.2 Å². The molecule has 0 radical (unpaired) electrons. The summed E-state index contributed by atoms with van der Waals surface area (Å²) < 4.78 is 45.2. The quantitative estimate of drug-likeness (QED) is 0.854. The Morgan fingerprint density at radius 1 is 0.905 bits per heavy atom. The van der Waals surface area contributed by atoms with E-state index in [0.29, 0.717) is 11.3 Å². The van der Waals surface area contributed by atoms with Crippen LogP contribution < -0.4 is 9.47 Å². The Balaban J connectivity index is 1.92. The number of alkyl halides is 3. The van der Waals surface area contributed by atoms with E-state index in [9.17, 15) is 13.2 Å². The third-order valence-corrected chi connectivity index (χ3v) is 2.55. The Bertz CT molecular complexity index is 628. The molecule has 3 nitrogen and oxygen atoms in total. The first-order valence-corrected chi connectivity index (χ1v) is 5.94. The Labute approximate surface area is 119 Å². The summed E-state index contributed by atoms with van der Waals surface area (Å²) >= 11 is 0. The van der Waals surface area contributed by atoms with Crippen molar-refractivity contribution in [3.05, 3.63) is 59.7 Å². The fourth-order valence-electron chi connectivity index (χ4n) is 1.58. The maximum absolute atomic E-state index is 12.0. The number of hydrogen-bond acceptors (Lipinski definition) is 3. The summed E-state index contributed by atoms with van der Waals surface area (Å²) in [6.07, 6.45) is -4.70. The predicted molar refractivity (Wildman–Crippen MR) is 68.6 cm³/mol. The Morgan fingerprint density at radius 2 is 1.48 bits per heavy atom. The SMILES string of the molecule is N#Cc1ccc(COc2ccc(OC(F)(F)F)cc2)cc1. The molecule has 108 valence electrons. The number of halogens is 3. The van der Waals surface area contributed by atoms with Crippen LogP contribution in [-0.4, -0.2) is 6.36 Å². The topological polar surface area (TPSA) is 42.2 Å². The van der Waals surface area contributed by atoms with Gasteiger partial charge < -0.3 is 9.47 Å². The second kappa shape index (κ2) is 6.18. The number of benzene rings is 2. The lowest BCUT2D eigenvalue weighted by Gasteiger charge is -2.10. The molecule has 2 aromatic rings. The van der Waals surface area contributed by atoms with Crippen LogP contribution in [0.25, 0.3) is 0 Å². The number of rotatable bonds is 4. The fourth-order valence-corrected chi connectivity index (χ4v) is 1.58. The average Bonchev–Trinajstić information content (AvgIpc) is 2.45. The third-order valence-electron chi connectivity index (χ3n) is 2.55. The normalized spacial score (nSPS) is 10.8. The van der Waals surface area contributed by atoms with E-state index in [2.05, 4.69) is 4.74 Å². The first-order chi connectivity index (χ1) is 9.96. The van der Waals surface area contributed by atoms with Crippen LogP contribution in [-0.2, 0) is 6.61 Å². The molecule has 0 aliphatic heterocycles. The monoisotopic (exact) mass is 293 g/mol. The number of nitriles is 1. The summed E-state index contributed by atoms with van der Waals surface area (Å²) in [7, 11) is 0. The minimum absolute atomic E-state index is 0.255. The van der Waals surface area contributed by atoms with Gasteiger partial charge in [-0.25, -0.2) is 0 Å². The first kappa shape index (κ1) is 14.7. The van der Waals surface area contributed by atoms with Gasteiger partial charge in [-0.05, 0) is 42.0 Å². The van der Waals surface area contributed by atoms with Gasteiger partial charge in [-0.3, -0.25) is 0 Å². The zero-order chi connectivity index (χ0) is 15.3. The zero-order valence-corrected chi connectivity index (χ0v) is 10.7. The maximum Gasteiger partial charge on any atom is 0.573 e. The van der Waals surface area contributed by atoms with Gasteiger partial charge in [0.25, 0.3) is 0 Å². The lowest BCUT2D eigenvalue weighted by Crippen LogP contribution is -2.16. The van der Waals surface area contributed by atoms with E-state index in [0.717, 1.165) is 5.56 Å². The molecule has 0 saturated heterocycles. The van der Waals surface area contributed by atoms with Gasteiger partial charge in [0.05, 0.1) is 11.6 Å². The molecular formula is C15H10F3NO2. The highest BCUT2D eigenvalue weighted by Gasteiger charge is 2.30. The molecule has 21 heavy (non-hydrogen) atoms. The van der Waals surface area contributed by atoms with E-state index in [-0.39, 0.29) is 12.4 Å². The minimum atomic E-state index is -4.70. The van der Waals surface area contributed by atoms with Gasteiger partial charge >= 0.3 is 6.36 Å². The van der Waals surface area contributed by atoms with Crippen molar-refractivity contribution in [2.24, 2.45) is 0 Å². The van der Waals surface area contributed by atoms with Crippen molar-refractivity contribution < 1.29 is 22.6 Å². The predicted octanol–water partition coefficient (Wildman–Crippen LogP) is 4.04. The van der Waals surface area contributed by atoms with Gasteiger partial charge in [-0.15, -0.1) is 13.2 Å². The van der Waals surface area contributed by atoms with Gasteiger partial charge in [-0.1, -0.05) is 12.1 Å². The van der Waals surface area contributed by atoms with Gasteiger partial charge in [0.1, 0.15) is 18.1 Å². The van der Waals surface area contributed by atoms with Crippen LogP contribution in [0.3, 0.4) is 0 Å². The fraction of sp³-hybridized carbons (Fsp3) is 0.133. The molecule has 0 aliphatic carbocycles. The Morgan fingerprint density at radius 3 is 2.00 bits per heavy atom. The third kappa shape index (κ3) is 4.73. The molecule has 0 unspecified atom stereocenters. The lowest BCUT2D eigenvalue weighted by atomic mass is 10.2. The summed E-state index contributed by atoms with van der Waals surface area (Å²) in [6, 6.07) is 14.0. The molecule has 0 bridgehead atoms. The van der Waals surface area contributed by atoms with Crippen molar-refractivity contribution in [3.8, 4) is 17.6 Å². The molecule has 0 atom stereocenters. The van der Waals surface area contributed by atoms with E-state index in [4.69, 9.17) is 10.00 Å². The molecule has 0 heterocycles. The summed E-state index contributed by atoms with van der Waals surface area (Å²) in [5.74, 6) is 0.127. The smallest absolute Gasteiger partial charge is 0.489 e. The Hall–Kier alpha value is -2.68. The van der Waals surface area contributed by atoms with Crippen molar-refractivity contribution in [1.29, 1.82) is 5.26 Å². The summed E-state index contributed by atoms with van der Waals surface area (Å²) in [5, 5.41) is 8.67. The van der Waals surface area contributed by atoms with Gasteiger partial charge in [-0.2, -0.15) is 5.26 Å². The highest BCUT2D eigenvalue weighted by molar-refractivity contribution is 5.33. The molecule has 0 spiro atoms. The molecule has 0 amide bonds. The molecule has 0 fully saturated rings. The second-order valence-corrected chi connectivity index (χ2v) is 4.12. The van der Waals surface area contributed by atoms with Crippen LogP contribution in [0.2, 0.25) is 0 Å². The van der Waals surface area contributed by atoms with Gasteiger partial charge in [0.2, 0.25) is 0 Å². The first-order valence-electron chi connectivity index (χ1n) is 5.94. The van der Waals surface area contributed by atoms with Crippen LogP contribution >= 0.6 is 0 Å². The standard InChI is InChI=1S/C15H10F3NO2/c16-15(17,18)21-14-7-5-13(6-8-14)20-10-12-3-1-11(9-19)2-4-12/h1-8H,10H2. The molecule has 2 rings (SSSR count). The number of hydrogen-bond donors (Lipinski definition) is 0. The van der Waals surface area contributed by atoms with Crippen LogP contribution in [0.15, 0.2) is 48.5 Å². The molecular weight excluding hydrogens is 283 g/mol. The van der Waals surface area contributed by atoms with E-state index in [1.807, 2.05) is 6.07 Å². The van der Waals surface area contributed by atoms with Crippen LogP contribution in [0.5, 0.6) is 11.5 Å². The van der Waals surface area contributed by atoms with E-state index in [1.54, 1.807) is 24.3 Å². The molecule has 0 aromatic heterocycles. The summed E-state index contributed by atoms with van der Waals surface area (Å²) in [5.41, 5.74) is 1.40. The number of ether oxygens (including phenoxy) is 2. The average molecular weight is 293 g/mol. The van der Waals surface area contributed by atoms with E-state index < -0.39 is 6.36 Å². The van der Waals surface area contributed by atoms with Crippen molar-refractivity contribution >= 4 is 0 Å². The summed E-state index contributed by atoms with van der Waals surface area (Å²) in [6.45, 7) is 0.255. The van der Waals surface area contributed by atoms with Crippen LogP contribution in [0.1, 0.15) is 11.1 Å². The van der Waals surface area contributed by atoms with Crippen molar-refractivity contribution in [2.45, 2.75) is 13.0 Å². The highest BCUT2D eigenvalue weighted by atomic mass is 19.4. The van der Waals surface area contributed by atoms with Crippen molar-refractivity contribution in [2.75, 3.05) is 0 Å². The van der Waals surface area contributed by atoms with Crippen molar-refractivity contribution in [1.82, 2.24) is 0 Å². The maximum atomic E-state index is 12.0. The molecule has 2 aromatic carbocycles. The number of nitrogens with zero attached hydrogens (tertiary/aromatic N) is 1. The van der Waals surface area contributed by atoms with Gasteiger partial charge in [0, 0.05) is 0 Å².